The van der Waals surface area contributed by atoms with E-state index < -0.39 is 0 Å². The average Bonchev–Trinajstić information content (AvgIpc) is 2.44. The van der Waals surface area contributed by atoms with Crippen LogP contribution in [0.25, 0.3) is 0 Å². The number of aryl methyl sites for hydroxylation is 2. The Kier molecular flexibility index (Phi) is 5.37. The average molecular weight is 348 g/mol. The number of nitrogens with two attached hydrogens (primary N) is 1. The molecule has 4 heteroatoms. The summed E-state index contributed by atoms with van der Waals surface area (Å²) >= 11 is 3.52. The molecule has 0 radical (unpaired) electrons. The summed E-state index contributed by atoms with van der Waals surface area (Å²) in [7, 11) is 0. The van der Waals surface area contributed by atoms with Crippen LogP contribution in [0.3, 0.4) is 0 Å². The topological polar surface area (TPSA) is 50.9 Å². The van der Waals surface area contributed by atoms with Crippen molar-refractivity contribution in [2.75, 3.05) is 12.3 Å². The van der Waals surface area contributed by atoms with Crippen LogP contribution in [0.4, 0.5) is 5.82 Å². The number of anilines is 1. The highest BCUT2D eigenvalue weighted by atomic mass is 79.9. The van der Waals surface area contributed by atoms with E-state index in [1.807, 2.05) is 13.1 Å². The van der Waals surface area contributed by atoms with Crippen molar-refractivity contribution in [1.82, 2.24) is 10.3 Å². The summed E-state index contributed by atoms with van der Waals surface area (Å²) < 4.78 is 1.09. The van der Waals surface area contributed by atoms with Crippen molar-refractivity contribution in [2.24, 2.45) is 0 Å². The van der Waals surface area contributed by atoms with Crippen LogP contribution in [0.5, 0.6) is 0 Å². The second kappa shape index (κ2) is 7.05. The number of pyridine rings is 1. The van der Waals surface area contributed by atoms with Crippen molar-refractivity contribution in [3.05, 3.63) is 57.2 Å². The van der Waals surface area contributed by atoms with Gasteiger partial charge in [-0.2, -0.15) is 0 Å². The van der Waals surface area contributed by atoms with Crippen molar-refractivity contribution in [3.63, 3.8) is 0 Å². The first kappa shape index (κ1) is 16.0. The Bertz CT molecular complexity index is 625. The first-order valence-electron chi connectivity index (χ1n) is 7.24. The third kappa shape index (κ3) is 3.83. The molecule has 3 N–H and O–H groups in total. The number of benzene rings is 1. The predicted molar refractivity (Wildman–Crippen MR) is 92.4 cm³/mol. The van der Waals surface area contributed by atoms with Crippen LogP contribution < -0.4 is 11.1 Å². The van der Waals surface area contributed by atoms with E-state index in [1.165, 1.54) is 11.1 Å². The van der Waals surface area contributed by atoms with Gasteiger partial charge in [-0.25, -0.2) is 4.98 Å². The molecule has 112 valence electrons. The Morgan fingerprint density at radius 1 is 1.24 bits per heavy atom. The van der Waals surface area contributed by atoms with Gasteiger partial charge in [0.2, 0.25) is 0 Å². The van der Waals surface area contributed by atoms with Crippen LogP contribution in [0.2, 0.25) is 0 Å². The molecule has 0 aliphatic carbocycles. The van der Waals surface area contributed by atoms with E-state index in [1.54, 1.807) is 0 Å². The molecule has 0 bridgehead atoms. The quantitative estimate of drug-likeness (QED) is 0.854. The number of halogens is 1. The number of rotatable bonds is 5. The molecule has 2 aromatic rings. The molecule has 0 aliphatic heterocycles. The molecule has 2 rings (SSSR count). The Morgan fingerprint density at radius 3 is 2.67 bits per heavy atom. The highest BCUT2D eigenvalue weighted by Gasteiger charge is 2.19. The molecule has 1 aromatic heterocycles. The van der Waals surface area contributed by atoms with Crippen molar-refractivity contribution >= 4 is 21.7 Å². The predicted octanol–water partition coefficient (Wildman–Crippen LogP) is 4.13. The van der Waals surface area contributed by atoms with Gasteiger partial charge in [-0.05, 0) is 61.7 Å². The zero-order chi connectivity index (χ0) is 15.4. The second-order valence-electron chi connectivity index (χ2n) is 5.38. The van der Waals surface area contributed by atoms with Gasteiger partial charge in [0.05, 0.1) is 6.04 Å². The number of nitrogens with zero attached hydrogens (tertiary/aromatic N) is 1. The molecule has 1 atom stereocenters. The molecule has 0 saturated heterocycles. The molecule has 21 heavy (non-hydrogen) atoms. The molecule has 0 saturated carbocycles. The Balaban J connectivity index is 2.49. The lowest BCUT2D eigenvalue weighted by Crippen LogP contribution is -2.25. The van der Waals surface area contributed by atoms with Gasteiger partial charge < -0.3 is 11.1 Å². The molecule has 0 fully saturated rings. The van der Waals surface area contributed by atoms with E-state index in [2.05, 4.69) is 64.3 Å². The zero-order valence-electron chi connectivity index (χ0n) is 12.8. The largest absolute Gasteiger partial charge is 0.383 e. The Morgan fingerprint density at radius 2 is 2.00 bits per heavy atom. The minimum absolute atomic E-state index is 0.0745. The molecule has 1 unspecified atom stereocenters. The zero-order valence-corrected chi connectivity index (χ0v) is 14.4. The third-order valence-corrected chi connectivity index (χ3v) is 4.03. The fourth-order valence-electron chi connectivity index (χ4n) is 2.47. The maximum Gasteiger partial charge on any atom is 0.128 e. The summed E-state index contributed by atoms with van der Waals surface area (Å²) in [5.41, 5.74) is 10.8. The molecule has 0 aliphatic rings. The number of aromatic nitrogens is 1. The monoisotopic (exact) mass is 347 g/mol. The number of hydrogen-bond acceptors (Lipinski definition) is 3. The minimum Gasteiger partial charge on any atom is -0.383 e. The van der Waals surface area contributed by atoms with Gasteiger partial charge in [0.25, 0.3) is 0 Å². The standard InChI is InChI=1S/C17H22BrN3/c1-4-7-20-16(14-6-5-13(18)9-12(14)3)15-8-11(2)10-21-17(15)19/h5-6,8-10,16,20H,4,7H2,1-3H3,(H2,19,21). The Labute approximate surface area is 135 Å². The van der Waals surface area contributed by atoms with Crippen LogP contribution in [0.1, 0.15) is 41.6 Å². The number of nitrogen functional groups attached to an aromatic ring is 1. The fraction of sp³-hybridized carbons (Fsp3) is 0.353. The highest BCUT2D eigenvalue weighted by molar-refractivity contribution is 9.10. The van der Waals surface area contributed by atoms with E-state index >= 15 is 0 Å². The van der Waals surface area contributed by atoms with Crippen LogP contribution in [0, 0.1) is 13.8 Å². The van der Waals surface area contributed by atoms with Crippen LogP contribution in [0.15, 0.2) is 34.9 Å². The maximum atomic E-state index is 6.12. The third-order valence-electron chi connectivity index (χ3n) is 3.54. The summed E-state index contributed by atoms with van der Waals surface area (Å²) in [5.74, 6) is 0.594. The van der Waals surface area contributed by atoms with Crippen molar-refractivity contribution < 1.29 is 0 Å². The smallest absolute Gasteiger partial charge is 0.128 e. The summed E-state index contributed by atoms with van der Waals surface area (Å²) in [6.07, 6.45) is 2.88. The van der Waals surface area contributed by atoms with Crippen LogP contribution >= 0.6 is 15.9 Å². The van der Waals surface area contributed by atoms with Gasteiger partial charge in [-0.15, -0.1) is 0 Å². The lowest BCUT2D eigenvalue weighted by atomic mass is 9.94. The first-order chi connectivity index (χ1) is 10.0. The minimum atomic E-state index is 0.0745. The van der Waals surface area contributed by atoms with Gasteiger partial charge in [0.1, 0.15) is 5.82 Å². The molecule has 0 spiro atoms. The van der Waals surface area contributed by atoms with E-state index in [4.69, 9.17) is 5.73 Å². The van der Waals surface area contributed by atoms with E-state index in [0.717, 1.165) is 28.6 Å². The van der Waals surface area contributed by atoms with E-state index in [9.17, 15) is 0 Å². The Hall–Kier alpha value is -1.39. The lowest BCUT2D eigenvalue weighted by Gasteiger charge is -2.23. The van der Waals surface area contributed by atoms with Gasteiger partial charge >= 0.3 is 0 Å². The summed E-state index contributed by atoms with van der Waals surface area (Å²) in [6, 6.07) is 8.55. The van der Waals surface area contributed by atoms with Crippen molar-refractivity contribution in [3.8, 4) is 0 Å². The summed E-state index contributed by atoms with van der Waals surface area (Å²) in [5, 5.41) is 3.60. The first-order valence-corrected chi connectivity index (χ1v) is 8.03. The maximum absolute atomic E-state index is 6.12. The van der Waals surface area contributed by atoms with E-state index in [-0.39, 0.29) is 6.04 Å². The molecular weight excluding hydrogens is 326 g/mol. The van der Waals surface area contributed by atoms with Crippen LogP contribution in [-0.4, -0.2) is 11.5 Å². The van der Waals surface area contributed by atoms with E-state index in [0.29, 0.717) is 5.82 Å². The normalized spacial score (nSPS) is 12.4. The van der Waals surface area contributed by atoms with Gasteiger partial charge in [-0.3, -0.25) is 0 Å². The number of nitrogens with one attached hydrogen (secondary N) is 1. The van der Waals surface area contributed by atoms with Crippen molar-refractivity contribution in [1.29, 1.82) is 0 Å². The van der Waals surface area contributed by atoms with Gasteiger partial charge in [0.15, 0.2) is 0 Å². The highest BCUT2D eigenvalue weighted by Crippen LogP contribution is 2.30. The lowest BCUT2D eigenvalue weighted by molar-refractivity contribution is 0.596. The molecule has 1 heterocycles. The number of hydrogen-bond donors (Lipinski definition) is 2. The summed E-state index contributed by atoms with van der Waals surface area (Å²) in [4.78, 5) is 4.31. The van der Waals surface area contributed by atoms with Crippen molar-refractivity contribution in [2.45, 2.75) is 33.2 Å². The molecular formula is C17H22BrN3. The fourth-order valence-corrected chi connectivity index (χ4v) is 2.95. The molecule has 3 nitrogen and oxygen atoms in total. The molecule has 0 amide bonds. The van der Waals surface area contributed by atoms with Gasteiger partial charge in [0, 0.05) is 16.2 Å². The molecule has 1 aromatic carbocycles. The second-order valence-corrected chi connectivity index (χ2v) is 6.29. The summed E-state index contributed by atoms with van der Waals surface area (Å²) in [6.45, 7) is 7.27. The van der Waals surface area contributed by atoms with Gasteiger partial charge in [-0.1, -0.05) is 28.9 Å². The SMILES string of the molecule is CCCNC(c1ccc(Br)cc1C)c1cc(C)cnc1N. The van der Waals surface area contributed by atoms with Crippen LogP contribution in [-0.2, 0) is 0 Å².